The van der Waals surface area contributed by atoms with Gasteiger partial charge >= 0.3 is 0 Å². The van der Waals surface area contributed by atoms with Crippen LogP contribution in [0.25, 0.3) is 0 Å². The third kappa shape index (κ3) is 4.54. The van der Waals surface area contributed by atoms with Gasteiger partial charge in [-0.1, -0.05) is 30.3 Å². The van der Waals surface area contributed by atoms with E-state index in [0.29, 0.717) is 12.1 Å². The normalized spacial score (nSPS) is 24.4. The predicted octanol–water partition coefficient (Wildman–Crippen LogP) is 3.03. The number of hydrogen-bond acceptors (Lipinski definition) is 4. The van der Waals surface area contributed by atoms with Crippen molar-refractivity contribution in [2.75, 3.05) is 19.6 Å². The number of ether oxygens (including phenoxy) is 2. The number of para-hydroxylation sites is 1. The average Bonchev–Trinajstić information content (AvgIpc) is 3.09. The Morgan fingerprint density at radius 1 is 1.07 bits per heavy atom. The number of nitrogens with zero attached hydrogens (tertiary/aromatic N) is 1. The van der Waals surface area contributed by atoms with Crippen LogP contribution in [-0.4, -0.2) is 48.8 Å². The predicted molar refractivity (Wildman–Crippen MR) is 109 cm³/mol. The zero-order valence-electron chi connectivity index (χ0n) is 16.6. The molecule has 0 radical (unpaired) electrons. The summed E-state index contributed by atoms with van der Waals surface area (Å²) >= 11 is 0. The van der Waals surface area contributed by atoms with Gasteiger partial charge in [-0.15, -0.1) is 0 Å². The number of benzene rings is 2. The van der Waals surface area contributed by atoms with Crippen molar-refractivity contribution >= 4 is 5.91 Å². The summed E-state index contributed by atoms with van der Waals surface area (Å²) in [6, 6.07) is 15.9. The van der Waals surface area contributed by atoms with Gasteiger partial charge in [-0.25, -0.2) is 0 Å². The molecule has 1 fully saturated rings. The van der Waals surface area contributed by atoms with Crippen molar-refractivity contribution < 1.29 is 14.3 Å². The van der Waals surface area contributed by atoms with Crippen LogP contribution in [0.1, 0.15) is 35.3 Å². The topological polar surface area (TPSA) is 50.8 Å². The van der Waals surface area contributed by atoms with Crippen molar-refractivity contribution in [1.29, 1.82) is 0 Å². The number of amides is 1. The zero-order chi connectivity index (χ0) is 19.5. The van der Waals surface area contributed by atoms with E-state index in [-0.39, 0.29) is 24.2 Å². The maximum Gasteiger partial charge on any atom is 0.251 e. The van der Waals surface area contributed by atoms with Crippen molar-refractivity contribution in [3.63, 3.8) is 0 Å². The van der Waals surface area contributed by atoms with E-state index in [0.717, 1.165) is 31.8 Å². The Balaban J connectivity index is 1.27. The first-order chi connectivity index (χ1) is 13.6. The lowest BCUT2D eigenvalue weighted by Gasteiger charge is -2.35. The number of fused-ring (bicyclic) bond motifs is 1. The molecule has 2 aliphatic heterocycles. The highest BCUT2D eigenvalue weighted by Gasteiger charge is 2.23. The molecule has 0 bridgehead atoms. The van der Waals surface area contributed by atoms with Crippen LogP contribution in [0.4, 0.5) is 0 Å². The van der Waals surface area contributed by atoms with E-state index < -0.39 is 0 Å². The highest BCUT2D eigenvalue weighted by molar-refractivity contribution is 5.94. The van der Waals surface area contributed by atoms with Crippen LogP contribution in [0.2, 0.25) is 0 Å². The first-order valence-corrected chi connectivity index (χ1v) is 10.1. The molecule has 0 aromatic heterocycles. The van der Waals surface area contributed by atoms with Crippen LogP contribution in [0.15, 0.2) is 48.5 Å². The van der Waals surface area contributed by atoms with Gasteiger partial charge in [0.2, 0.25) is 0 Å². The summed E-state index contributed by atoms with van der Waals surface area (Å²) < 4.78 is 11.7. The number of carbonyl (C=O) groups is 1. The second-order valence-electron chi connectivity index (χ2n) is 7.91. The van der Waals surface area contributed by atoms with Crippen molar-refractivity contribution in [1.82, 2.24) is 10.2 Å². The minimum absolute atomic E-state index is 0.00548. The van der Waals surface area contributed by atoms with Gasteiger partial charge in [0.15, 0.2) is 0 Å². The van der Waals surface area contributed by atoms with Crippen LogP contribution in [-0.2, 0) is 17.7 Å². The van der Waals surface area contributed by atoms with Gasteiger partial charge in [0.05, 0.1) is 18.8 Å². The summed E-state index contributed by atoms with van der Waals surface area (Å²) in [5.74, 6) is 0.873. The summed E-state index contributed by atoms with van der Waals surface area (Å²) in [5, 5.41) is 3.00. The van der Waals surface area contributed by atoms with Crippen LogP contribution in [0.5, 0.6) is 5.75 Å². The maximum atomic E-state index is 12.5. The molecule has 4 rings (SSSR count). The van der Waals surface area contributed by atoms with E-state index in [1.807, 2.05) is 42.5 Å². The Morgan fingerprint density at radius 3 is 2.50 bits per heavy atom. The van der Waals surface area contributed by atoms with Gasteiger partial charge in [-0.3, -0.25) is 9.69 Å². The van der Waals surface area contributed by atoms with E-state index in [1.165, 1.54) is 11.1 Å². The third-order valence-corrected chi connectivity index (χ3v) is 5.32. The largest absolute Gasteiger partial charge is 0.488 e. The molecule has 3 atom stereocenters. The van der Waals surface area contributed by atoms with E-state index >= 15 is 0 Å². The minimum Gasteiger partial charge on any atom is -0.488 e. The lowest BCUT2D eigenvalue weighted by Crippen LogP contribution is -2.44. The summed E-state index contributed by atoms with van der Waals surface area (Å²) in [5.41, 5.74) is 3.10. The number of carbonyl (C=O) groups excluding carboxylic acids is 1. The molecule has 1 amide bonds. The molecule has 2 heterocycles. The molecule has 0 spiro atoms. The number of rotatable bonds is 5. The molecule has 3 unspecified atom stereocenters. The Hall–Kier alpha value is -2.37. The number of hydrogen-bond donors (Lipinski definition) is 1. The monoisotopic (exact) mass is 380 g/mol. The summed E-state index contributed by atoms with van der Waals surface area (Å²) in [4.78, 5) is 14.9. The fraction of sp³-hybridized carbons (Fsp3) is 0.435. The standard InChI is InChI=1S/C23H28N2O3/c1-16-13-25(14-17(2)27-16)15-18-7-9-19(10-8-18)23(26)24-12-21-11-20-5-3-4-6-22(20)28-21/h3-10,16-17,21H,11-15H2,1-2H3,(H,24,26). The quantitative estimate of drug-likeness (QED) is 0.866. The second-order valence-corrected chi connectivity index (χ2v) is 7.91. The summed E-state index contributed by atoms with van der Waals surface area (Å²) in [6.45, 7) is 7.50. The van der Waals surface area contributed by atoms with Crippen molar-refractivity contribution in [3.8, 4) is 5.75 Å². The van der Waals surface area contributed by atoms with Crippen LogP contribution in [0, 0.1) is 0 Å². The summed E-state index contributed by atoms with van der Waals surface area (Å²) in [6.07, 6.45) is 1.37. The molecule has 1 saturated heterocycles. The fourth-order valence-electron chi connectivity index (χ4n) is 4.11. The highest BCUT2D eigenvalue weighted by atomic mass is 16.5. The minimum atomic E-state index is -0.0558. The molecule has 0 aliphatic carbocycles. The molecule has 2 aliphatic rings. The van der Waals surface area contributed by atoms with Crippen molar-refractivity contribution in [2.24, 2.45) is 0 Å². The SMILES string of the molecule is CC1CN(Cc2ccc(C(=O)NCC3Cc4ccccc4O3)cc2)CC(C)O1. The van der Waals surface area contributed by atoms with Gasteiger partial charge in [-0.2, -0.15) is 0 Å². The fourth-order valence-corrected chi connectivity index (χ4v) is 4.11. The van der Waals surface area contributed by atoms with Crippen molar-refractivity contribution in [2.45, 2.75) is 45.1 Å². The van der Waals surface area contributed by atoms with Gasteiger partial charge < -0.3 is 14.8 Å². The van der Waals surface area contributed by atoms with Gasteiger partial charge in [0, 0.05) is 31.6 Å². The van der Waals surface area contributed by atoms with E-state index in [4.69, 9.17) is 9.47 Å². The molecular weight excluding hydrogens is 352 g/mol. The molecule has 1 N–H and O–H groups in total. The second kappa shape index (κ2) is 8.33. The molecule has 0 saturated carbocycles. The van der Waals surface area contributed by atoms with Gasteiger partial charge in [-0.05, 0) is 43.2 Å². The lowest BCUT2D eigenvalue weighted by molar-refractivity contribution is -0.0704. The molecule has 5 nitrogen and oxygen atoms in total. The van der Waals surface area contributed by atoms with Gasteiger partial charge in [0.25, 0.3) is 5.91 Å². The van der Waals surface area contributed by atoms with E-state index in [2.05, 4.69) is 30.1 Å². The highest BCUT2D eigenvalue weighted by Crippen LogP contribution is 2.27. The molecule has 2 aromatic rings. The maximum absolute atomic E-state index is 12.5. The smallest absolute Gasteiger partial charge is 0.251 e. The van der Waals surface area contributed by atoms with Crippen molar-refractivity contribution in [3.05, 3.63) is 65.2 Å². The Labute approximate surface area is 166 Å². The first kappa shape index (κ1) is 19.0. The molecule has 2 aromatic carbocycles. The summed E-state index contributed by atoms with van der Waals surface area (Å²) in [7, 11) is 0. The van der Waals surface area contributed by atoms with Gasteiger partial charge in [0.1, 0.15) is 11.9 Å². The van der Waals surface area contributed by atoms with Crippen LogP contribution < -0.4 is 10.1 Å². The Kier molecular flexibility index (Phi) is 5.64. The number of nitrogens with one attached hydrogen (secondary N) is 1. The van der Waals surface area contributed by atoms with E-state index in [1.54, 1.807) is 0 Å². The molecular formula is C23H28N2O3. The Bertz CT molecular complexity index is 786. The van der Waals surface area contributed by atoms with Crippen LogP contribution in [0.3, 0.4) is 0 Å². The zero-order valence-corrected chi connectivity index (χ0v) is 16.6. The molecule has 5 heteroatoms. The van der Waals surface area contributed by atoms with Crippen LogP contribution >= 0.6 is 0 Å². The lowest BCUT2D eigenvalue weighted by atomic mass is 10.1. The third-order valence-electron chi connectivity index (χ3n) is 5.32. The molecule has 28 heavy (non-hydrogen) atoms. The average molecular weight is 380 g/mol. The Morgan fingerprint density at radius 2 is 1.79 bits per heavy atom. The number of morpholine rings is 1. The first-order valence-electron chi connectivity index (χ1n) is 10.1. The molecule has 148 valence electrons. The van der Waals surface area contributed by atoms with E-state index in [9.17, 15) is 4.79 Å².